The number of rotatable bonds is 3. The van der Waals surface area contributed by atoms with Gasteiger partial charge in [0.1, 0.15) is 0 Å². The Morgan fingerprint density at radius 3 is 2.24 bits per heavy atom. The zero-order valence-corrected chi connectivity index (χ0v) is 11.1. The first-order valence-electron chi connectivity index (χ1n) is 6.84. The maximum Gasteiger partial charge on any atom is 0.214 e. The molecule has 1 aliphatic carbocycles. The molecule has 2 atom stereocenters. The molecular weight excluding hydrogens is 236 g/mol. The minimum Gasteiger partial charge on any atom is -0.316 e. The molecular formula is C12H22N2O2S. The summed E-state index contributed by atoms with van der Waals surface area (Å²) in [5.41, 5.74) is 0. The first-order chi connectivity index (χ1) is 8.15. The highest BCUT2D eigenvalue weighted by Gasteiger charge is 2.41. The number of hydrogen-bond donors (Lipinski definition) is 1. The van der Waals surface area contributed by atoms with Crippen molar-refractivity contribution in [2.45, 2.75) is 25.7 Å². The molecule has 2 aliphatic heterocycles. The van der Waals surface area contributed by atoms with E-state index in [9.17, 15) is 8.42 Å². The Kier molecular flexibility index (Phi) is 3.17. The van der Waals surface area contributed by atoms with Crippen LogP contribution in [-0.4, -0.2) is 44.7 Å². The van der Waals surface area contributed by atoms with E-state index in [0.717, 1.165) is 39.0 Å². The van der Waals surface area contributed by atoms with E-state index in [0.29, 0.717) is 23.5 Å². The van der Waals surface area contributed by atoms with Crippen molar-refractivity contribution in [2.75, 3.05) is 31.9 Å². The highest BCUT2D eigenvalue weighted by atomic mass is 32.2. The third kappa shape index (κ3) is 2.37. The molecule has 0 aromatic heterocycles. The van der Waals surface area contributed by atoms with Crippen LogP contribution in [0.4, 0.5) is 0 Å². The molecule has 3 fully saturated rings. The Labute approximate surface area is 104 Å². The minimum absolute atomic E-state index is 0.403. The smallest absolute Gasteiger partial charge is 0.214 e. The molecule has 98 valence electrons. The largest absolute Gasteiger partial charge is 0.316 e. The van der Waals surface area contributed by atoms with Gasteiger partial charge in [0.25, 0.3) is 0 Å². The van der Waals surface area contributed by atoms with Crippen LogP contribution in [0.2, 0.25) is 0 Å². The van der Waals surface area contributed by atoms with Gasteiger partial charge in [-0.3, -0.25) is 0 Å². The first-order valence-corrected chi connectivity index (χ1v) is 8.44. The van der Waals surface area contributed by atoms with Gasteiger partial charge in [0.2, 0.25) is 10.0 Å². The maximum absolute atomic E-state index is 12.3. The van der Waals surface area contributed by atoms with Gasteiger partial charge in [0.15, 0.2) is 0 Å². The van der Waals surface area contributed by atoms with Crippen LogP contribution in [0.5, 0.6) is 0 Å². The fraction of sp³-hybridized carbons (Fsp3) is 1.00. The molecule has 2 heterocycles. The number of sulfonamides is 1. The third-order valence-electron chi connectivity index (χ3n) is 4.67. The van der Waals surface area contributed by atoms with Crippen molar-refractivity contribution in [1.29, 1.82) is 0 Å². The molecule has 2 saturated heterocycles. The lowest BCUT2D eigenvalue weighted by atomic mass is 10.0. The summed E-state index contributed by atoms with van der Waals surface area (Å²) in [4.78, 5) is 0. The van der Waals surface area contributed by atoms with Gasteiger partial charge in [-0.05, 0) is 43.7 Å². The normalized spacial score (nSPS) is 35.5. The maximum atomic E-state index is 12.3. The average molecular weight is 258 g/mol. The Bertz CT molecular complexity index is 364. The second kappa shape index (κ2) is 4.52. The van der Waals surface area contributed by atoms with Gasteiger partial charge in [-0.1, -0.05) is 12.8 Å². The van der Waals surface area contributed by atoms with E-state index in [2.05, 4.69) is 5.32 Å². The fourth-order valence-corrected chi connectivity index (χ4v) is 5.60. The lowest BCUT2D eigenvalue weighted by Gasteiger charge is -2.19. The molecule has 0 radical (unpaired) electrons. The number of nitrogens with one attached hydrogen (secondary N) is 1. The highest BCUT2D eigenvalue weighted by molar-refractivity contribution is 7.89. The van der Waals surface area contributed by atoms with Crippen molar-refractivity contribution < 1.29 is 8.42 Å². The molecule has 5 heteroatoms. The number of nitrogens with zero attached hydrogens (tertiary/aromatic N) is 1. The van der Waals surface area contributed by atoms with Gasteiger partial charge in [-0.25, -0.2) is 12.7 Å². The van der Waals surface area contributed by atoms with Crippen molar-refractivity contribution in [1.82, 2.24) is 9.62 Å². The van der Waals surface area contributed by atoms with Gasteiger partial charge in [-0.2, -0.15) is 0 Å². The standard InChI is InChI=1S/C12H22N2O2S/c15-17(16,9-10-3-1-2-4-10)14-7-11-5-13-6-12(11)8-14/h10-13H,1-9H2/t11-,12+. The van der Waals surface area contributed by atoms with E-state index in [1.54, 1.807) is 4.31 Å². The summed E-state index contributed by atoms with van der Waals surface area (Å²) in [5, 5.41) is 3.35. The van der Waals surface area contributed by atoms with E-state index >= 15 is 0 Å². The molecule has 17 heavy (non-hydrogen) atoms. The van der Waals surface area contributed by atoms with E-state index < -0.39 is 10.0 Å². The Morgan fingerprint density at radius 1 is 1.06 bits per heavy atom. The second-order valence-electron chi connectivity index (χ2n) is 5.92. The van der Waals surface area contributed by atoms with Crippen LogP contribution < -0.4 is 5.32 Å². The third-order valence-corrected chi connectivity index (χ3v) is 6.65. The van der Waals surface area contributed by atoms with Crippen LogP contribution in [0.3, 0.4) is 0 Å². The quantitative estimate of drug-likeness (QED) is 0.809. The summed E-state index contributed by atoms with van der Waals surface area (Å²) in [6.45, 7) is 3.51. The van der Waals surface area contributed by atoms with Crippen LogP contribution in [-0.2, 0) is 10.0 Å². The molecule has 0 aromatic rings. The van der Waals surface area contributed by atoms with Gasteiger partial charge < -0.3 is 5.32 Å². The molecule has 0 spiro atoms. The molecule has 0 amide bonds. The summed E-state index contributed by atoms with van der Waals surface area (Å²) in [6.07, 6.45) is 4.66. The summed E-state index contributed by atoms with van der Waals surface area (Å²) in [6, 6.07) is 0. The average Bonchev–Trinajstić information content (AvgIpc) is 2.88. The molecule has 3 rings (SSSR count). The molecule has 0 unspecified atom stereocenters. The van der Waals surface area contributed by atoms with Gasteiger partial charge in [-0.15, -0.1) is 0 Å². The van der Waals surface area contributed by atoms with Crippen molar-refractivity contribution >= 4 is 10.0 Å². The molecule has 0 aromatic carbocycles. The molecule has 3 aliphatic rings. The minimum atomic E-state index is -2.98. The molecule has 4 nitrogen and oxygen atoms in total. The zero-order chi connectivity index (χ0) is 11.9. The van der Waals surface area contributed by atoms with Crippen molar-refractivity contribution in [2.24, 2.45) is 17.8 Å². The SMILES string of the molecule is O=S(=O)(CC1CCCC1)N1C[C@H]2CNC[C@H]2C1. The Morgan fingerprint density at radius 2 is 1.65 bits per heavy atom. The second-order valence-corrected chi connectivity index (χ2v) is 7.94. The monoisotopic (exact) mass is 258 g/mol. The molecule has 1 saturated carbocycles. The van der Waals surface area contributed by atoms with Crippen LogP contribution in [0.25, 0.3) is 0 Å². The number of fused-ring (bicyclic) bond motifs is 1. The van der Waals surface area contributed by atoms with Gasteiger partial charge >= 0.3 is 0 Å². The summed E-state index contributed by atoms with van der Waals surface area (Å²) in [7, 11) is -2.98. The van der Waals surface area contributed by atoms with Crippen LogP contribution in [0, 0.1) is 17.8 Å². The lowest BCUT2D eigenvalue weighted by Crippen LogP contribution is -2.35. The van der Waals surface area contributed by atoms with E-state index in [-0.39, 0.29) is 0 Å². The van der Waals surface area contributed by atoms with Gasteiger partial charge in [0.05, 0.1) is 5.75 Å². The lowest BCUT2D eigenvalue weighted by molar-refractivity contribution is 0.438. The van der Waals surface area contributed by atoms with E-state index in [1.165, 1.54) is 12.8 Å². The van der Waals surface area contributed by atoms with Crippen molar-refractivity contribution in [3.8, 4) is 0 Å². The molecule has 0 bridgehead atoms. The summed E-state index contributed by atoms with van der Waals surface area (Å²) < 4.78 is 26.4. The summed E-state index contributed by atoms with van der Waals surface area (Å²) >= 11 is 0. The van der Waals surface area contributed by atoms with Crippen molar-refractivity contribution in [3.63, 3.8) is 0 Å². The predicted molar refractivity (Wildman–Crippen MR) is 67.2 cm³/mol. The van der Waals surface area contributed by atoms with Crippen molar-refractivity contribution in [3.05, 3.63) is 0 Å². The number of hydrogen-bond acceptors (Lipinski definition) is 3. The molecule has 1 N–H and O–H groups in total. The topological polar surface area (TPSA) is 49.4 Å². The first kappa shape index (κ1) is 11.9. The van der Waals surface area contributed by atoms with Crippen LogP contribution in [0.1, 0.15) is 25.7 Å². The summed E-state index contributed by atoms with van der Waals surface area (Å²) in [5.74, 6) is 1.96. The Hall–Kier alpha value is -0.130. The zero-order valence-electron chi connectivity index (χ0n) is 10.3. The van der Waals surface area contributed by atoms with Gasteiger partial charge in [0, 0.05) is 13.1 Å². The predicted octanol–water partition coefficient (Wildman–Crippen LogP) is 0.658. The fourth-order valence-electron chi connectivity index (χ4n) is 3.62. The highest BCUT2D eigenvalue weighted by Crippen LogP contribution is 2.31. The van der Waals surface area contributed by atoms with Crippen LogP contribution >= 0.6 is 0 Å². The van der Waals surface area contributed by atoms with Crippen LogP contribution in [0.15, 0.2) is 0 Å². The van der Waals surface area contributed by atoms with E-state index in [1.807, 2.05) is 0 Å². The Balaban J connectivity index is 1.63. The van der Waals surface area contributed by atoms with E-state index in [4.69, 9.17) is 0 Å².